The third kappa shape index (κ3) is 5.06. The third-order valence-electron chi connectivity index (χ3n) is 6.44. The summed E-state index contributed by atoms with van der Waals surface area (Å²) in [7, 11) is 1.53. The van der Waals surface area contributed by atoms with Crippen LogP contribution in [0.4, 0.5) is 0 Å². The molecule has 1 saturated heterocycles. The maximum absolute atomic E-state index is 13.4. The molecular formula is C27H34O7. The summed E-state index contributed by atoms with van der Waals surface area (Å²) in [6.07, 6.45) is 9.79. The first kappa shape index (κ1) is 24.5. The fourth-order valence-corrected chi connectivity index (χ4v) is 4.50. The molecular weight excluding hydrogens is 436 g/mol. The molecule has 0 N–H and O–H groups in total. The minimum Gasteiger partial charge on any atom is -0.466 e. The molecule has 184 valence electrons. The van der Waals surface area contributed by atoms with Gasteiger partial charge in [-0.1, -0.05) is 38.2 Å². The molecule has 0 radical (unpaired) electrons. The van der Waals surface area contributed by atoms with Crippen molar-refractivity contribution < 1.29 is 32.9 Å². The molecule has 3 heterocycles. The first-order chi connectivity index (χ1) is 16.2. The van der Waals surface area contributed by atoms with E-state index in [1.165, 1.54) is 7.11 Å². The summed E-state index contributed by atoms with van der Waals surface area (Å²) < 4.78 is 34.9. The highest BCUT2D eigenvalue weighted by molar-refractivity contribution is 6.04. The van der Waals surface area contributed by atoms with Gasteiger partial charge in [0.15, 0.2) is 12.6 Å². The summed E-state index contributed by atoms with van der Waals surface area (Å²) in [6, 6.07) is 3.54. The number of fused-ring (bicyclic) bond motifs is 4. The fraction of sp³-hybridized carbons (Fsp3) is 0.519. The second kappa shape index (κ2) is 9.94. The number of cyclic esters (lactones) is 1. The maximum Gasteiger partial charge on any atom is 0.342 e. The number of ether oxygens (including phenoxy) is 5. The number of benzene rings is 1. The third-order valence-corrected chi connectivity index (χ3v) is 6.44. The largest absolute Gasteiger partial charge is 0.466 e. The molecule has 4 rings (SSSR count). The van der Waals surface area contributed by atoms with Gasteiger partial charge >= 0.3 is 5.97 Å². The summed E-state index contributed by atoms with van der Waals surface area (Å²) in [5.74, 6) is -0.622. The molecule has 1 fully saturated rings. The highest BCUT2D eigenvalue weighted by Gasteiger charge is 2.42. The van der Waals surface area contributed by atoms with Crippen LogP contribution in [0.2, 0.25) is 0 Å². The summed E-state index contributed by atoms with van der Waals surface area (Å²) >= 11 is 0. The predicted molar refractivity (Wildman–Crippen MR) is 129 cm³/mol. The topological polar surface area (TPSA) is 76.4 Å². The lowest BCUT2D eigenvalue weighted by Gasteiger charge is -2.23. The molecule has 1 aromatic heterocycles. The van der Waals surface area contributed by atoms with Crippen LogP contribution in [0.15, 0.2) is 41.0 Å². The van der Waals surface area contributed by atoms with Crippen molar-refractivity contribution in [1.82, 2.24) is 0 Å². The zero-order valence-corrected chi connectivity index (χ0v) is 20.7. The molecule has 0 spiro atoms. The highest BCUT2D eigenvalue weighted by Crippen LogP contribution is 2.37. The molecule has 2 aliphatic heterocycles. The summed E-state index contributed by atoms with van der Waals surface area (Å²) in [6.45, 7) is 9.92. The van der Waals surface area contributed by atoms with E-state index in [2.05, 4.69) is 19.1 Å². The molecule has 0 aliphatic carbocycles. The molecule has 5 atom stereocenters. The van der Waals surface area contributed by atoms with E-state index in [4.69, 9.17) is 28.1 Å². The minimum atomic E-state index is -0.659. The van der Waals surface area contributed by atoms with Crippen molar-refractivity contribution in [1.29, 1.82) is 0 Å². The Hall–Kier alpha value is -2.61. The van der Waals surface area contributed by atoms with Crippen molar-refractivity contribution in [3.63, 3.8) is 0 Å². The van der Waals surface area contributed by atoms with Crippen molar-refractivity contribution in [3.8, 4) is 5.75 Å². The Balaban J connectivity index is 1.82. The molecule has 34 heavy (non-hydrogen) atoms. The monoisotopic (exact) mass is 470 g/mol. The first-order valence-corrected chi connectivity index (χ1v) is 11.8. The van der Waals surface area contributed by atoms with E-state index in [1.54, 1.807) is 12.3 Å². The first-order valence-electron chi connectivity index (χ1n) is 11.8. The van der Waals surface area contributed by atoms with Gasteiger partial charge in [0.1, 0.15) is 23.0 Å². The summed E-state index contributed by atoms with van der Waals surface area (Å²) in [4.78, 5) is 13.4. The van der Waals surface area contributed by atoms with Crippen molar-refractivity contribution >= 4 is 23.0 Å². The van der Waals surface area contributed by atoms with E-state index in [0.717, 1.165) is 5.39 Å². The van der Waals surface area contributed by atoms with Crippen LogP contribution in [0.3, 0.4) is 0 Å². The van der Waals surface area contributed by atoms with Crippen molar-refractivity contribution in [2.45, 2.75) is 65.1 Å². The smallest absolute Gasteiger partial charge is 0.342 e. The number of esters is 1. The van der Waals surface area contributed by atoms with Crippen LogP contribution < -0.4 is 4.74 Å². The number of methoxy groups -OCH3 is 1. The standard InChI is InChI=1S/C27H34O7/c1-16-10-11-17(2)25-21(33-27(4,5)34-25)9-7-8-20-19-12-13-30-22(19)14-23(31-15-29-6)24(20)26(28)32-18(16)3/h7-8,10-14,16-18,21,25H,9,15H2,1-6H3/b8-7+,11-10-/t16-,17?,18+,21+,25-/m1/s1. The Labute approximate surface area is 200 Å². The van der Waals surface area contributed by atoms with E-state index in [9.17, 15) is 4.79 Å². The molecule has 0 saturated carbocycles. The fourth-order valence-electron chi connectivity index (χ4n) is 4.50. The van der Waals surface area contributed by atoms with Crippen LogP contribution in [0.5, 0.6) is 5.75 Å². The Morgan fingerprint density at radius 1 is 1.12 bits per heavy atom. The van der Waals surface area contributed by atoms with E-state index in [-0.39, 0.29) is 36.9 Å². The average Bonchev–Trinajstić information content (AvgIpc) is 3.38. The molecule has 2 aromatic rings. The number of hydrogen-bond acceptors (Lipinski definition) is 7. The average molecular weight is 471 g/mol. The van der Waals surface area contributed by atoms with Crippen LogP contribution in [-0.4, -0.2) is 44.0 Å². The van der Waals surface area contributed by atoms with Crippen molar-refractivity contribution in [2.75, 3.05) is 13.9 Å². The Morgan fingerprint density at radius 3 is 2.65 bits per heavy atom. The van der Waals surface area contributed by atoms with Gasteiger partial charge in [-0.3, -0.25) is 0 Å². The van der Waals surface area contributed by atoms with Crippen LogP contribution in [0, 0.1) is 11.8 Å². The lowest BCUT2D eigenvalue weighted by atomic mass is 9.94. The lowest BCUT2D eigenvalue weighted by molar-refractivity contribution is -0.148. The number of rotatable bonds is 3. The molecule has 7 heteroatoms. The van der Waals surface area contributed by atoms with Gasteiger partial charge in [0.05, 0.1) is 18.5 Å². The van der Waals surface area contributed by atoms with Crippen LogP contribution in [-0.2, 0) is 18.9 Å². The second-order valence-corrected chi connectivity index (χ2v) is 9.54. The van der Waals surface area contributed by atoms with Crippen LogP contribution >= 0.6 is 0 Å². The Kier molecular flexibility index (Phi) is 7.17. The van der Waals surface area contributed by atoms with Gasteiger partial charge in [-0.25, -0.2) is 4.79 Å². The van der Waals surface area contributed by atoms with Gasteiger partial charge in [-0.2, -0.15) is 0 Å². The Bertz CT molecular complexity index is 1080. The zero-order valence-electron chi connectivity index (χ0n) is 20.7. The molecule has 0 bridgehead atoms. The van der Waals surface area contributed by atoms with Gasteiger partial charge in [0.25, 0.3) is 0 Å². The zero-order chi connectivity index (χ0) is 24.5. The lowest BCUT2D eigenvalue weighted by Crippen LogP contribution is -2.29. The molecule has 7 nitrogen and oxygen atoms in total. The van der Waals surface area contributed by atoms with Gasteiger partial charge in [0.2, 0.25) is 0 Å². The minimum absolute atomic E-state index is 0.00288. The SMILES string of the molecule is COCOc1cc2occc2c2c1C(=O)O[C@@H](C)[C@H](C)/C=C\C(C)[C@H]1OC(C)(C)O[C@H]1C/C=C/2. The molecule has 0 amide bonds. The molecule has 1 unspecified atom stereocenters. The number of carbonyl (C=O) groups excluding carboxylic acids is 1. The molecule has 1 aromatic carbocycles. The van der Waals surface area contributed by atoms with Gasteiger partial charge in [-0.05, 0) is 33.3 Å². The highest BCUT2D eigenvalue weighted by atomic mass is 16.8. The van der Waals surface area contributed by atoms with Crippen molar-refractivity contribution in [3.05, 3.63) is 47.8 Å². The second-order valence-electron chi connectivity index (χ2n) is 9.54. The quantitative estimate of drug-likeness (QED) is 0.322. The van der Waals surface area contributed by atoms with Gasteiger partial charge in [0, 0.05) is 36.0 Å². The van der Waals surface area contributed by atoms with E-state index in [0.29, 0.717) is 28.9 Å². The molecule has 2 aliphatic rings. The van der Waals surface area contributed by atoms with E-state index < -0.39 is 11.8 Å². The number of hydrogen-bond donors (Lipinski definition) is 0. The van der Waals surface area contributed by atoms with Crippen LogP contribution in [0.25, 0.3) is 17.0 Å². The Morgan fingerprint density at radius 2 is 1.88 bits per heavy atom. The summed E-state index contributed by atoms with van der Waals surface area (Å²) in [5, 5.41) is 0.800. The van der Waals surface area contributed by atoms with E-state index >= 15 is 0 Å². The van der Waals surface area contributed by atoms with E-state index in [1.807, 2.05) is 45.9 Å². The van der Waals surface area contributed by atoms with Crippen LogP contribution in [0.1, 0.15) is 57.0 Å². The predicted octanol–water partition coefficient (Wildman–Crippen LogP) is 5.73. The normalized spacial score (nSPS) is 31.2. The van der Waals surface area contributed by atoms with Crippen molar-refractivity contribution in [2.24, 2.45) is 11.8 Å². The summed E-state index contributed by atoms with van der Waals surface area (Å²) in [5.41, 5.74) is 1.63. The number of furan rings is 1. The van der Waals surface area contributed by atoms with Gasteiger partial charge < -0.3 is 28.1 Å². The maximum atomic E-state index is 13.4. The van der Waals surface area contributed by atoms with Gasteiger partial charge in [-0.15, -0.1) is 0 Å². The number of carbonyl (C=O) groups is 1.